The highest BCUT2D eigenvalue weighted by Gasteiger charge is 2.31. The van der Waals surface area contributed by atoms with Gasteiger partial charge in [-0.1, -0.05) is 13.0 Å². The van der Waals surface area contributed by atoms with Crippen molar-refractivity contribution >= 4 is 28.7 Å². The van der Waals surface area contributed by atoms with E-state index in [9.17, 15) is 9.59 Å². The minimum Gasteiger partial charge on any atom is -0.496 e. The Morgan fingerprint density at radius 3 is 2.68 bits per heavy atom. The van der Waals surface area contributed by atoms with Crippen LogP contribution in [0.5, 0.6) is 5.75 Å². The van der Waals surface area contributed by atoms with Gasteiger partial charge >= 0.3 is 0 Å². The number of likely N-dealkylation sites (tertiary alicyclic amines) is 1. The summed E-state index contributed by atoms with van der Waals surface area (Å²) < 4.78 is 7.44. The van der Waals surface area contributed by atoms with Gasteiger partial charge in [-0.25, -0.2) is 19.6 Å². The molecule has 1 aromatic carbocycles. The summed E-state index contributed by atoms with van der Waals surface area (Å²) in [6.45, 7) is 5.57. The van der Waals surface area contributed by atoms with Crippen molar-refractivity contribution in [2.45, 2.75) is 25.8 Å². The summed E-state index contributed by atoms with van der Waals surface area (Å²) in [5, 5.41) is 11.4. The van der Waals surface area contributed by atoms with E-state index in [0.29, 0.717) is 36.8 Å². The number of benzene rings is 1. The Balaban J connectivity index is 1.28. The van der Waals surface area contributed by atoms with Crippen molar-refractivity contribution < 1.29 is 14.3 Å². The molecule has 5 rings (SSSR count). The van der Waals surface area contributed by atoms with Gasteiger partial charge in [-0.3, -0.25) is 9.59 Å². The lowest BCUT2D eigenvalue weighted by Gasteiger charge is -2.38. The molecule has 11 heteroatoms. The van der Waals surface area contributed by atoms with Crippen LogP contribution >= 0.6 is 0 Å². The molecule has 11 nitrogen and oxygen atoms in total. The second-order valence-electron chi connectivity index (χ2n) is 9.41. The predicted molar refractivity (Wildman–Crippen MR) is 143 cm³/mol. The number of fused-ring (bicyclic) bond motifs is 1. The molecule has 38 heavy (non-hydrogen) atoms. The van der Waals surface area contributed by atoms with Crippen molar-refractivity contribution in [1.29, 1.82) is 0 Å². The number of carbonyl (C=O) groups excluding carboxylic acids is 2. The van der Waals surface area contributed by atoms with E-state index < -0.39 is 0 Å². The van der Waals surface area contributed by atoms with Crippen LogP contribution in [0.3, 0.4) is 0 Å². The van der Waals surface area contributed by atoms with Crippen molar-refractivity contribution in [3.05, 3.63) is 60.2 Å². The van der Waals surface area contributed by atoms with Gasteiger partial charge < -0.3 is 20.3 Å². The Morgan fingerprint density at radius 2 is 1.95 bits per heavy atom. The van der Waals surface area contributed by atoms with Gasteiger partial charge in [0.05, 0.1) is 25.0 Å². The molecule has 1 aliphatic heterocycles. The van der Waals surface area contributed by atoms with E-state index in [1.165, 1.54) is 6.33 Å². The number of hydrogen-bond acceptors (Lipinski definition) is 8. The van der Waals surface area contributed by atoms with Crippen molar-refractivity contribution in [2.75, 3.05) is 39.1 Å². The van der Waals surface area contributed by atoms with Crippen LogP contribution in [0.4, 0.5) is 5.82 Å². The highest BCUT2D eigenvalue weighted by molar-refractivity contribution is 5.94. The summed E-state index contributed by atoms with van der Waals surface area (Å²) in [5.74, 6) is 1.37. The Morgan fingerprint density at radius 1 is 1.13 bits per heavy atom. The van der Waals surface area contributed by atoms with E-state index in [1.807, 2.05) is 22.9 Å². The maximum absolute atomic E-state index is 12.0. The van der Waals surface area contributed by atoms with Gasteiger partial charge in [-0.05, 0) is 23.8 Å². The van der Waals surface area contributed by atoms with Crippen LogP contribution in [0.2, 0.25) is 0 Å². The summed E-state index contributed by atoms with van der Waals surface area (Å²) in [5.41, 5.74) is 3.94. The number of nitrogens with zero attached hydrogens (tertiary/aromatic N) is 6. The fourth-order valence-electron chi connectivity index (χ4n) is 4.60. The number of rotatable bonds is 8. The van der Waals surface area contributed by atoms with Crippen LogP contribution in [-0.4, -0.2) is 75.2 Å². The zero-order valence-electron chi connectivity index (χ0n) is 21.8. The average molecular weight is 515 g/mol. The molecule has 0 bridgehead atoms. The molecule has 1 saturated heterocycles. The van der Waals surface area contributed by atoms with Crippen LogP contribution in [0.1, 0.15) is 41.7 Å². The maximum Gasteiger partial charge on any atom is 0.251 e. The molecule has 196 valence electrons. The molecule has 0 radical (unpaired) electrons. The molecule has 0 aliphatic carbocycles. The number of anilines is 1. The van der Waals surface area contributed by atoms with Crippen molar-refractivity contribution in [3.8, 4) is 17.0 Å². The Hall–Kier alpha value is -4.54. The summed E-state index contributed by atoms with van der Waals surface area (Å²) in [4.78, 5) is 38.7. The van der Waals surface area contributed by atoms with E-state index in [4.69, 9.17) is 4.74 Å². The molecular weight excluding hydrogens is 484 g/mol. The molecule has 4 heterocycles. The average Bonchev–Trinajstić information content (AvgIpc) is 3.32. The zero-order valence-corrected chi connectivity index (χ0v) is 21.8. The van der Waals surface area contributed by atoms with Crippen LogP contribution < -0.4 is 15.4 Å². The smallest absolute Gasteiger partial charge is 0.251 e. The van der Waals surface area contributed by atoms with Gasteiger partial charge in [-0.15, -0.1) is 0 Å². The lowest BCUT2D eigenvalue weighted by atomic mass is 9.98. The molecule has 3 aromatic heterocycles. The summed E-state index contributed by atoms with van der Waals surface area (Å²) in [6, 6.07) is 9.52. The Kier molecular flexibility index (Phi) is 6.91. The quantitative estimate of drug-likeness (QED) is 0.368. The standard InChI is InChI=1S/C27H30N8O3/c1-16(22-6-5-18(27(37)28-3)8-24(22)38-4)10-29-25-9-23(31-15-32-25)19-7-20-12-33-35(26(20)30-11-19)21-13-34(14-21)17(2)36/h5-9,11-12,15-16,21H,10,13-14H2,1-4H3,(H,28,37)(H,29,31,32). The molecular formula is C27H30N8O3. The third-order valence-corrected chi connectivity index (χ3v) is 6.89. The number of carbonyl (C=O) groups is 2. The van der Waals surface area contributed by atoms with Crippen LogP contribution in [0, 0.1) is 0 Å². The zero-order chi connectivity index (χ0) is 26.8. The normalized spacial score (nSPS) is 14.2. The molecule has 2 N–H and O–H groups in total. The SMILES string of the molecule is CNC(=O)c1ccc(C(C)CNc2cc(-c3cnc4c(cnn4C4CN(C(C)=O)C4)c3)ncn2)c(OC)c1. The first-order chi connectivity index (χ1) is 18.4. The minimum absolute atomic E-state index is 0.0774. The van der Waals surface area contributed by atoms with E-state index in [1.54, 1.807) is 50.5 Å². The second-order valence-corrected chi connectivity index (χ2v) is 9.41. The first kappa shape index (κ1) is 25.1. The molecule has 1 fully saturated rings. The van der Waals surface area contributed by atoms with Gasteiger partial charge in [0, 0.05) is 68.3 Å². The summed E-state index contributed by atoms with van der Waals surface area (Å²) >= 11 is 0. The van der Waals surface area contributed by atoms with E-state index in [-0.39, 0.29) is 23.8 Å². The number of pyridine rings is 1. The fraction of sp³-hybridized carbons (Fsp3) is 0.333. The van der Waals surface area contributed by atoms with E-state index in [2.05, 4.69) is 37.6 Å². The molecule has 0 spiro atoms. The minimum atomic E-state index is -0.156. The van der Waals surface area contributed by atoms with Crippen LogP contribution in [0.15, 0.2) is 49.1 Å². The number of methoxy groups -OCH3 is 1. The largest absolute Gasteiger partial charge is 0.496 e. The van der Waals surface area contributed by atoms with Crippen molar-refractivity contribution in [2.24, 2.45) is 0 Å². The number of nitrogens with one attached hydrogen (secondary N) is 2. The Bertz CT molecular complexity index is 1490. The fourth-order valence-corrected chi connectivity index (χ4v) is 4.60. The van der Waals surface area contributed by atoms with E-state index >= 15 is 0 Å². The lowest BCUT2D eigenvalue weighted by Crippen LogP contribution is -2.50. The number of ether oxygens (including phenoxy) is 1. The highest BCUT2D eigenvalue weighted by Crippen LogP contribution is 2.29. The lowest BCUT2D eigenvalue weighted by molar-refractivity contribution is -0.134. The van der Waals surface area contributed by atoms with E-state index in [0.717, 1.165) is 27.9 Å². The molecule has 2 amide bonds. The first-order valence-electron chi connectivity index (χ1n) is 12.4. The van der Waals surface area contributed by atoms with Gasteiger partial charge in [0.1, 0.15) is 17.9 Å². The van der Waals surface area contributed by atoms with Crippen LogP contribution in [-0.2, 0) is 4.79 Å². The summed E-state index contributed by atoms with van der Waals surface area (Å²) in [6.07, 6.45) is 5.11. The molecule has 1 atom stereocenters. The van der Waals surface area contributed by atoms with Crippen molar-refractivity contribution in [1.82, 2.24) is 34.9 Å². The van der Waals surface area contributed by atoms with Gasteiger partial charge in [-0.2, -0.15) is 5.10 Å². The van der Waals surface area contributed by atoms with Gasteiger partial charge in [0.25, 0.3) is 5.91 Å². The monoisotopic (exact) mass is 514 g/mol. The second kappa shape index (κ2) is 10.4. The molecule has 1 aliphatic rings. The number of aromatic nitrogens is 5. The van der Waals surface area contributed by atoms with Gasteiger partial charge in [0.2, 0.25) is 5.91 Å². The third kappa shape index (κ3) is 4.86. The van der Waals surface area contributed by atoms with Crippen molar-refractivity contribution in [3.63, 3.8) is 0 Å². The third-order valence-electron chi connectivity index (χ3n) is 6.89. The molecule has 4 aromatic rings. The first-order valence-corrected chi connectivity index (χ1v) is 12.4. The topological polar surface area (TPSA) is 127 Å². The molecule has 1 unspecified atom stereocenters. The Labute approximate surface area is 220 Å². The molecule has 0 saturated carbocycles. The van der Waals surface area contributed by atoms with Crippen LogP contribution in [0.25, 0.3) is 22.3 Å². The predicted octanol–water partition coefficient (Wildman–Crippen LogP) is 2.88. The maximum atomic E-state index is 12.0. The number of amides is 2. The van der Waals surface area contributed by atoms with Gasteiger partial charge in [0.15, 0.2) is 5.65 Å². The highest BCUT2D eigenvalue weighted by atomic mass is 16.5. The summed E-state index contributed by atoms with van der Waals surface area (Å²) in [7, 11) is 3.20. The number of hydrogen-bond donors (Lipinski definition) is 2.